The Hall–Kier alpha value is -5.50. The number of carboxylic acid groups (broad SMARTS) is 2. The smallest absolute Gasteiger partial charge is 0.326 e. The van der Waals surface area contributed by atoms with Crippen LogP contribution in [0.25, 0.3) is 0 Å². The molecule has 0 unspecified atom stereocenters. The Morgan fingerprint density at radius 1 is 0.564 bits per heavy atom. The number of primary amides is 2. The maximum atomic E-state index is 13.5. The molecule has 312 valence electrons. The van der Waals surface area contributed by atoms with E-state index in [0.717, 1.165) is 13.8 Å². The summed E-state index contributed by atoms with van der Waals surface area (Å²) >= 11 is 0. The maximum Gasteiger partial charge on any atom is 0.326 e. The number of hydrogen-bond acceptors (Lipinski definition) is 15. The second-order valence-electron chi connectivity index (χ2n) is 12.4. The third-order valence-electron chi connectivity index (χ3n) is 7.62. The molecule has 0 aliphatic carbocycles. The fourth-order valence-corrected chi connectivity index (χ4v) is 4.52. The number of aliphatic hydroxyl groups excluding tert-OH is 3. The van der Waals surface area contributed by atoms with E-state index in [2.05, 4.69) is 16.0 Å². The Labute approximate surface area is 314 Å². The Bertz CT molecular complexity index is 1400. The van der Waals surface area contributed by atoms with Crippen LogP contribution in [0.4, 0.5) is 0 Å². The molecule has 0 heterocycles. The second kappa shape index (κ2) is 24.7. The highest BCUT2D eigenvalue weighted by Gasteiger charge is 2.36. The van der Waals surface area contributed by atoms with Gasteiger partial charge >= 0.3 is 11.9 Å². The number of amides is 8. The zero-order valence-corrected chi connectivity index (χ0v) is 30.2. The fraction of sp³-hybridized carbons (Fsp3) is 0.667. The van der Waals surface area contributed by atoms with Crippen LogP contribution in [0.1, 0.15) is 58.8 Å². The van der Waals surface area contributed by atoms with Gasteiger partial charge in [-0.1, -0.05) is 0 Å². The number of carbonyl (C=O) groups is 10. The van der Waals surface area contributed by atoms with Gasteiger partial charge in [0.1, 0.15) is 42.3 Å². The number of nitrogens with one attached hydrogen (secondary N) is 6. The summed E-state index contributed by atoms with van der Waals surface area (Å²) in [6.45, 7) is 1.26. The highest BCUT2D eigenvalue weighted by molar-refractivity contribution is 5.99. The number of aliphatic carboxylic acids is 2. The highest BCUT2D eigenvalue weighted by atomic mass is 16.4. The van der Waals surface area contributed by atoms with Gasteiger partial charge in [-0.3, -0.25) is 43.2 Å². The van der Waals surface area contributed by atoms with Crippen LogP contribution < -0.4 is 54.8 Å². The van der Waals surface area contributed by atoms with Gasteiger partial charge in [-0.15, -0.1) is 0 Å². The molecule has 0 aliphatic heterocycles. The summed E-state index contributed by atoms with van der Waals surface area (Å²) in [4.78, 5) is 124. The number of aliphatic hydroxyl groups is 3. The van der Waals surface area contributed by atoms with E-state index in [1.54, 1.807) is 0 Å². The molecule has 0 saturated carbocycles. The number of rotatable bonds is 27. The largest absolute Gasteiger partial charge is 0.481 e. The van der Waals surface area contributed by atoms with E-state index in [-0.39, 0.29) is 19.4 Å². The van der Waals surface area contributed by atoms with Crippen molar-refractivity contribution in [3.05, 3.63) is 0 Å². The fourth-order valence-electron chi connectivity index (χ4n) is 4.52. The van der Waals surface area contributed by atoms with Gasteiger partial charge in [0.25, 0.3) is 0 Å². The molecule has 9 atom stereocenters. The lowest BCUT2D eigenvalue weighted by molar-refractivity contribution is -0.143. The molecule has 8 amide bonds. The molecule has 0 rings (SSSR count). The van der Waals surface area contributed by atoms with E-state index < -0.39 is 146 Å². The molecule has 0 saturated heterocycles. The molecule has 0 aliphatic rings. The summed E-state index contributed by atoms with van der Waals surface area (Å²) in [6.07, 6.45) is -5.56. The summed E-state index contributed by atoms with van der Waals surface area (Å²) in [5, 5.41) is 60.9. The number of carboxylic acids is 2. The van der Waals surface area contributed by atoms with Gasteiger partial charge in [-0.25, -0.2) is 4.79 Å². The van der Waals surface area contributed by atoms with E-state index in [1.165, 1.54) is 0 Å². The van der Waals surface area contributed by atoms with Crippen molar-refractivity contribution >= 4 is 59.2 Å². The van der Waals surface area contributed by atoms with Gasteiger partial charge in [0.2, 0.25) is 47.3 Å². The predicted molar refractivity (Wildman–Crippen MR) is 185 cm³/mol. The first-order chi connectivity index (χ1) is 25.5. The van der Waals surface area contributed by atoms with Crippen molar-refractivity contribution in [3.8, 4) is 0 Å². The highest BCUT2D eigenvalue weighted by Crippen LogP contribution is 2.07. The molecule has 0 aromatic heterocycles. The number of nitrogens with two attached hydrogens (primary N) is 4. The van der Waals surface area contributed by atoms with Gasteiger partial charge < -0.3 is 80.4 Å². The second-order valence-corrected chi connectivity index (χ2v) is 12.4. The van der Waals surface area contributed by atoms with Crippen LogP contribution in [0.5, 0.6) is 0 Å². The van der Waals surface area contributed by atoms with Crippen molar-refractivity contribution in [2.45, 2.75) is 113 Å². The first-order valence-corrected chi connectivity index (χ1v) is 16.8. The Balaban J connectivity index is 6.20. The third kappa shape index (κ3) is 18.9. The van der Waals surface area contributed by atoms with E-state index in [9.17, 15) is 73.5 Å². The molecule has 0 aromatic carbocycles. The lowest BCUT2D eigenvalue weighted by Crippen LogP contribution is -2.62. The van der Waals surface area contributed by atoms with Crippen LogP contribution in [-0.4, -0.2) is 152 Å². The van der Waals surface area contributed by atoms with Gasteiger partial charge in [0, 0.05) is 6.42 Å². The molecule has 0 bridgehead atoms. The molecular formula is C30H52N10O15. The third-order valence-corrected chi connectivity index (χ3v) is 7.62. The van der Waals surface area contributed by atoms with Crippen LogP contribution in [0, 0.1) is 0 Å². The lowest BCUT2D eigenvalue weighted by Gasteiger charge is -2.28. The van der Waals surface area contributed by atoms with Gasteiger partial charge in [-0.05, 0) is 46.1 Å². The van der Waals surface area contributed by atoms with Crippen molar-refractivity contribution in [3.63, 3.8) is 0 Å². The number of unbranched alkanes of at least 4 members (excludes halogenated alkanes) is 1. The first-order valence-electron chi connectivity index (χ1n) is 16.8. The molecule has 0 aromatic rings. The number of hydrogen-bond donors (Lipinski definition) is 15. The minimum atomic E-state index is -1.89. The predicted octanol–water partition coefficient (Wildman–Crippen LogP) is -8.19. The lowest BCUT2D eigenvalue weighted by atomic mass is 10.0. The summed E-state index contributed by atoms with van der Waals surface area (Å²) < 4.78 is 0. The van der Waals surface area contributed by atoms with E-state index >= 15 is 0 Å². The Morgan fingerprint density at radius 2 is 1.04 bits per heavy atom. The summed E-state index contributed by atoms with van der Waals surface area (Å²) in [6, 6.07) is -12.2. The van der Waals surface area contributed by atoms with Crippen LogP contribution in [0.15, 0.2) is 0 Å². The normalized spacial score (nSPS) is 15.8. The molecule has 55 heavy (non-hydrogen) atoms. The molecule has 0 spiro atoms. The van der Waals surface area contributed by atoms with Crippen LogP contribution >= 0.6 is 0 Å². The van der Waals surface area contributed by atoms with E-state index in [1.807, 2.05) is 16.0 Å². The zero-order chi connectivity index (χ0) is 42.6. The Morgan fingerprint density at radius 3 is 1.51 bits per heavy atom. The maximum absolute atomic E-state index is 13.5. The van der Waals surface area contributed by atoms with Gasteiger partial charge in [-0.2, -0.15) is 0 Å². The van der Waals surface area contributed by atoms with Crippen molar-refractivity contribution in [2.24, 2.45) is 22.9 Å². The van der Waals surface area contributed by atoms with Gasteiger partial charge in [0.15, 0.2) is 0 Å². The van der Waals surface area contributed by atoms with E-state index in [4.69, 9.17) is 22.9 Å². The SMILES string of the molecule is C[C@@H](O)[C@H](N)C(=O)N[C@@H](CC(=O)O)C(=O)N[C@H](C(=O)N[C@@H](CCCCN)C(=O)N[C@@H](CC(N)=O)C(=O)N[C@@H](CO)C(=O)N[C@@H](CCC(N)=O)C(=O)O)[C@@H](C)O. The van der Waals surface area contributed by atoms with Crippen molar-refractivity contribution in [1.82, 2.24) is 31.9 Å². The number of carbonyl (C=O) groups excluding carboxylic acids is 8. The van der Waals surface area contributed by atoms with Crippen molar-refractivity contribution < 1.29 is 73.5 Å². The standard InChI is InChI=1S/C30H52N10O15/c1-12(42)22(34)28(52)38-17(10-21(46)47)26(50)40-23(13(2)43)29(53)35-14(5-3-4-8-31)24(48)37-16(9-20(33)45)25(49)39-18(11-41)27(51)36-15(30(54)55)6-7-19(32)44/h12-18,22-23,41-43H,3-11,31,34H2,1-2H3,(H2,32,44)(H2,33,45)(H,35,53)(H,36,51)(H,37,48)(H,38,52)(H,39,49)(H,40,50)(H,46,47)(H,54,55)/t12-,13-,14+,15+,16+,17+,18+,22+,23+/m1/s1. The molecule has 0 radical (unpaired) electrons. The monoisotopic (exact) mass is 792 g/mol. The van der Waals surface area contributed by atoms with E-state index in [0.29, 0.717) is 6.42 Å². The molecule has 19 N–H and O–H groups in total. The summed E-state index contributed by atoms with van der Waals surface area (Å²) in [5.41, 5.74) is 21.3. The van der Waals surface area contributed by atoms with Crippen LogP contribution in [0.2, 0.25) is 0 Å². The van der Waals surface area contributed by atoms with Crippen LogP contribution in [-0.2, 0) is 47.9 Å². The summed E-state index contributed by atoms with van der Waals surface area (Å²) in [5.74, 6) is -12.4. The molecule has 25 heteroatoms. The minimum absolute atomic E-state index is 0.145. The average Bonchev–Trinajstić information content (AvgIpc) is 3.08. The molecule has 0 fully saturated rings. The van der Waals surface area contributed by atoms with Crippen molar-refractivity contribution in [1.29, 1.82) is 0 Å². The topological polar surface area (TPSA) is 448 Å². The quantitative estimate of drug-likeness (QED) is 0.0343. The van der Waals surface area contributed by atoms with Crippen molar-refractivity contribution in [2.75, 3.05) is 13.2 Å². The van der Waals surface area contributed by atoms with Gasteiger partial charge in [0.05, 0.1) is 31.7 Å². The minimum Gasteiger partial charge on any atom is -0.481 e. The first kappa shape index (κ1) is 49.5. The van der Waals surface area contributed by atoms with Crippen LogP contribution in [0.3, 0.4) is 0 Å². The molecular weight excluding hydrogens is 740 g/mol. The zero-order valence-electron chi connectivity index (χ0n) is 30.2. The summed E-state index contributed by atoms with van der Waals surface area (Å²) in [7, 11) is 0. The Kier molecular flexibility index (Phi) is 22.3. The average molecular weight is 793 g/mol. The molecule has 25 nitrogen and oxygen atoms in total.